The molecule has 1 saturated carbocycles. The van der Waals surface area contributed by atoms with Gasteiger partial charge in [0, 0.05) is 25.4 Å². The summed E-state index contributed by atoms with van der Waals surface area (Å²) in [6, 6.07) is 0. The lowest BCUT2D eigenvalue weighted by Gasteiger charge is -2.24. The van der Waals surface area contributed by atoms with E-state index in [1.165, 1.54) is 12.8 Å². The molecule has 0 saturated heterocycles. The number of nitrogens with two attached hydrogens (primary N) is 1. The van der Waals surface area contributed by atoms with Crippen LogP contribution >= 0.6 is 12.2 Å². The van der Waals surface area contributed by atoms with Crippen molar-refractivity contribution in [2.45, 2.75) is 33.1 Å². The van der Waals surface area contributed by atoms with Gasteiger partial charge in [0.05, 0.1) is 4.99 Å². The lowest BCUT2D eigenvalue weighted by atomic mass is 10.0. The molecule has 15 heavy (non-hydrogen) atoms. The molecule has 1 amide bonds. The van der Waals surface area contributed by atoms with Crippen LogP contribution in [0.4, 0.5) is 0 Å². The summed E-state index contributed by atoms with van der Waals surface area (Å²) in [4.78, 5) is 14.4. The quantitative estimate of drug-likeness (QED) is 0.702. The zero-order chi connectivity index (χ0) is 11.4. The first-order chi connectivity index (χ1) is 7.06. The van der Waals surface area contributed by atoms with Crippen LogP contribution in [-0.2, 0) is 4.79 Å². The molecule has 0 heterocycles. The van der Waals surface area contributed by atoms with Gasteiger partial charge in [0.25, 0.3) is 0 Å². The molecule has 1 atom stereocenters. The van der Waals surface area contributed by atoms with E-state index in [4.69, 9.17) is 18.0 Å². The summed E-state index contributed by atoms with van der Waals surface area (Å²) in [5.41, 5.74) is 5.44. The summed E-state index contributed by atoms with van der Waals surface area (Å²) in [5.74, 6) is 1.06. The van der Waals surface area contributed by atoms with Crippen molar-refractivity contribution in [3.8, 4) is 0 Å². The van der Waals surface area contributed by atoms with E-state index in [1.54, 1.807) is 0 Å². The maximum atomic E-state index is 12.0. The Bertz CT molecular complexity index is 251. The largest absolute Gasteiger partial charge is 0.393 e. The second kappa shape index (κ2) is 5.45. The molecule has 0 spiro atoms. The Balaban J connectivity index is 2.41. The SMILES string of the molecule is CCN(CCC(N)=S)C(=O)C(C)C1CC1. The van der Waals surface area contributed by atoms with Gasteiger partial charge in [-0.25, -0.2) is 0 Å². The molecule has 2 N–H and O–H groups in total. The summed E-state index contributed by atoms with van der Waals surface area (Å²) in [6.45, 7) is 5.45. The maximum absolute atomic E-state index is 12.0. The molecular weight excluding hydrogens is 208 g/mol. The van der Waals surface area contributed by atoms with Crippen molar-refractivity contribution in [1.29, 1.82) is 0 Å². The van der Waals surface area contributed by atoms with Crippen LogP contribution in [0.1, 0.15) is 33.1 Å². The Labute approximate surface area is 97.0 Å². The molecule has 86 valence electrons. The minimum atomic E-state index is 0.177. The smallest absolute Gasteiger partial charge is 0.225 e. The van der Waals surface area contributed by atoms with Crippen molar-refractivity contribution < 1.29 is 4.79 Å². The Hall–Kier alpha value is -0.640. The summed E-state index contributed by atoms with van der Waals surface area (Å²) in [6.07, 6.45) is 3.05. The van der Waals surface area contributed by atoms with Crippen molar-refractivity contribution >= 4 is 23.1 Å². The van der Waals surface area contributed by atoms with Crippen molar-refractivity contribution in [2.24, 2.45) is 17.6 Å². The number of nitrogens with zero attached hydrogens (tertiary/aromatic N) is 1. The molecule has 1 aliphatic rings. The van der Waals surface area contributed by atoms with Crippen LogP contribution in [0.25, 0.3) is 0 Å². The lowest BCUT2D eigenvalue weighted by molar-refractivity contribution is -0.135. The molecule has 3 nitrogen and oxygen atoms in total. The molecular formula is C11H20N2OS. The number of hydrogen-bond donors (Lipinski definition) is 1. The van der Waals surface area contributed by atoms with Gasteiger partial charge in [-0.1, -0.05) is 19.1 Å². The van der Waals surface area contributed by atoms with Gasteiger partial charge >= 0.3 is 0 Å². The van der Waals surface area contributed by atoms with Crippen LogP contribution in [0, 0.1) is 11.8 Å². The Kier molecular flexibility index (Phi) is 4.51. The van der Waals surface area contributed by atoms with Crippen LogP contribution in [0.15, 0.2) is 0 Å². The maximum Gasteiger partial charge on any atom is 0.225 e. The third kappa shape index (κ3) is 3.78. The predicted molar refractivity (Wildman–Crippen MR) is 65.5 cm³/mol. The average Bonchev–Trinajstić information content (AvgIpc) is 3.00. The zero-order valence-electron chi connectivity index (χ0n) is 9.53. The van der Waals surface area contributed by atoms with E-state index in [1.807, 2.05) is 18.7 Å². The first-order valence-electron chi connectivity index (χ1n) is 5.63. The number of hydrogen-bond acceptors (Lipinski definition) is 2. The van der Waals surface area contributed by atoms with Crippen LogP contribution in [0.2, 0.25) is 0 Å². The first kappa shape index (κ1) is 12.4. The summed E-state index contributed by atoms with van der Waals surface area (Å²) >= 11 is 4.82. The van der Waals surface area contributed by atoms with Crippen LogP contribution in [0.5, 0.6) is 0 Å². The van der Waals surface area contributed by atoms with Gasteiger partial charge in [0.15, 0.2) is 0 Å². The number of carbonyl (C=O) groups is 1. The van der Waals surface area contributed by atoms with Gasteiger partial charge in [-0.3, -0.25) is 4.79 Å². The molecule has 0 aromatic carbocycles. The van der Waals surface area contributed by atoms with Crippen molar-refractivity contribution in [3.63, 3.8) is 0 Å². The summed E-state index contributed by atoms with van der Waals surface area (Å²) < 4.78 is 0. The number of thiocarbonyl (C=S) groups is 1. The van der Waals surface area contributed by atoms with Crippen molar-refractivity contribution in [2.75, 3.05) is 13.1 Å². The highest BCUT2D eigenvalue weighted by atomic mass is 32.1. The van der Waals surface area contributed by atoms with Gasteiger partial charge < -0.3 is 10.6 Å². The Morgan fingerprint density at radius 1 is 1.60 bits per heavy atom. The van der Waals surface area contributed by atoms with Crippen molar-refractivity contribution in [3.05, 3.63) is 0 Å². The zero-order valence-corrected chi connectivity index (χ0v) is 10.3. The van der Waals surface area contributed by atoms with Gasteiger partial charge in [-0.2, -0.15) is 0 Å². The summed E-state index contributed by atoms with van der Waals surface area (Å²) in [5, 5.41) is 0. The minimum absolute atomic E-state index is 0.177. The van der Waals surface area contributed by atoms with E-state index < -0.39 is 0 Å². The highest BCUT2D eigenvalue weighted by Crippen LogP contribution is 2.37. The fraction of sp³-hybridized carbons (Fsp3) is 0.818. The van der Waals surface area contributed by atoms with E-state index in [9.17, 15) is 4.79 Å². The molecule has 0 radical (unpaired) electrons. The van der Waals surface area contributed by atoms with Crippen molar-refractivity contribution in [1.82, 2.24) is 4.90 Å². The van der Waals surface area contributed by atoms with E-state index in [2.05, 4.69) is 0 Å². The van der Waals surface area contributed by atoms with Gasteiger partial charge in [0.2, 0.25) is 5.91 Å². The summed E-state index contributed by atoms with van der Waals surface area (Å²) in [7, 11) is 0. The number of rotatable bonds is 6. The molecule has 1 aliphatic carbocycles. The van der Waals surface area contributed by atoms with E-state index in [-0.39, 0.29) is 11.8 Å². The standard InChI is InChI=1S/C11H20N2OS/c1-3-13(7-6-10(12)15)11(14)8(2)9-4-5-9/h8-9H,3-7H2,1-2H3,(H2,12,15). The fourth-order valence-electron chi connectivity index (χ4n) is 1.76. The molecule has 0 bridgehead atoms. The Morgan fingerprint density at radius 2 is 2.20 bits per heavy atom. The molecule has 0 aromatic heterocycles. The average molecular weight is 228 g/mol. The fourth-order valence-corrected chi connectivity index (χ4v) is 1.85. The van der Waals surface area contributed by atoms with E-state index in [0.717, 1.165) is 6.54 Å². The normalized spacial score (nSPS) is 17.2. The molecule has 1 rings (SSSR count). The third-order valence-corrected chi connectivity index (χ3v) is 3.24. The first-order valence-corrected chi connectivity index (χ1v) is 6.04. The van der Waals surface area contributed by atoms with Crippen LogP contribution < -0.4 is 5.73 Å². The van der Waals surface area contributed by atoms with Gasteiger partial charge in [-0.05, 0) is 25.7 Å². The second-order valence-corrected chi connectivity index (χ2v) is 4.78. The third-order valence-electron chi connectivity index (χ3n) is 3.04. The van der Waals surface area contributed by atoms with E-state index >= 15 is 0 Å². The van der Waals surface area contributed by atoms with Crippen LogP contribution in [0.3, 0.4) is 0 Å². The van der Waals surface area contributed by atoms with Gasteiger partial charge in [0.1, 0.15) is 0 Å². The monoisotopic (exact) mass is 228 g/mol. The molecule has 4 heteroatoms. The lowest BCUT2D eigenvalue weighted by Crippen LogP contribution is -2.37. The highest BCUT2D eigenvalue weighted by molar-refractivity contribution is 7.80. The number of amides is 1. The minimum Gasteiger partial charge on any atom is -0.393 e. The van der Waals surface area contributed by atoms with Crippen LogP contribution in [-0.4, -0.2) is 28.9 Å². The molecule has 1 unspecified atom stereocenters. The van der Waals surface area contributed by atoms with Gasteiger partial charge in [-0.15, -0.1) is 0 Å². The second-order valence-electron chi connectivity index (χ2n) is 4.26. The molecule has 1 fully saturated rings. The molecule has 0 aliphatic heterocycles. The number of carbonyl (C=O) groups excluding carboxylic acids is 1. The van der Waals surface area contributed by atoms with E-state index in [0.29, 0.717) is 23.9 Å². The highest BCUT2D eigenvalue weighted by Gasteiger charge is 2.34. The Morgan fingerprint density at radius 3 is 2.60 bits per heavy atom. The molecule has 0 aromatic rings. The predicted octanol–water partition coefficient (Wildman–Crippen LogP) is 1.56. The topological polar surface area (TPSA) is 46.3 Å².